The van der Waals surface area contributed by atoms with Gasteiger partial charge in [0.1, 0.15) is 5.78 Å². The van der Waals surface area contributed by atoms with Crippen LogP contribution in [0.4, 0.5) is 0 Å². The Morgan fingerprint density at radius 1 is 1.00 bits per heavy atom. The SMILES string of the molecule is C.C.C.CS(=O)(=O)NC1CCC2(CCNC2)C1.O=C1CCC2(CCCC2)C1. The first-order valence-electron chi connectivity index (χ1n) is 9.50. The van der Waals surface area contributed by atoms with Gasteiger partial charge in [0.15, 0.2) is 0 Å². The van der Waals surface area contributed by atoms with Crippen molar-refractivity contribution in [3.8, 4) is 0 Å². The second kappa shape index (κ2) is 10.4. The Balaban J connectivity index is 0.000000468. The number of rotatable bonds is 2. The second-order valence-corrected chi connectivity index (χ2v) is 10.5. The van der Waals surface area contributed by atoms with Gasteiger partial charge in [-0.15, -0.1) is 0 Å². The summed E-state index contributed by atoms with van der Waals surface area (Å²) in [5.41, 5.74) is 0.902. The number of sulfonamides is 1. The third-order valence-corrected chi connectivity index (χ3v) is 7.35. The lowest BCUT2D eigenvalue weighted by molar-refractivity contribution is -0.118. The van der Waals surface area contributed by atoms with Gasteiger partial charge in [0.05, 0.1) is 6.26 Å². The standard InChI is InChI=1S/C9H18N2O2S.C9H14O.3CH4/c1-14(12,13)11-8-2-3-9(6-8)4-5-10-7-9;10-8-3-6-9(7-8)4-1-2-5-9;;;/h8,10-11H,2-7H2,1H3;1-7H2;3*1H4. The van der Waals surface area contributed by atoms with E-state index in [1.807, 2.05) is 0 Å². The molecule has 0 amide bonds. The molecule has 2 spiro atoms. The van der Waals surface area contributed by atoms with Gasteiger partial charge in [-0.1, -0.05) is 35.1 Å². The van der Waals surface area contributed by atoms with Gasteiger partial charge in [0.2, 0.25) is 10.0 Å². The van der Waals surface area contributed by atoms with Crippen LogP contribution < -0.4 is 10.0 Å². The van der Waals surface area contributed by atoms with Gasteiger partial charge in [-0.25, -0.2) is 13.1 Å². The smallest absolute Gasteiger partial charge is 0.208 e. The molecule has 2 N–H and O–H groups in total. The van der Waals surface area contributed by atoms with Gasteiger partial charge in [-0.05, 0) is 62.3 Å². The van der Waals surface area contributed by atoms with Crippen LogP contribution in [-0.2, 0) is 14.8 Å². The molecule has 5 nitrogen and oxygen atoms in total. The third kappa shape index (κ3) is 7.13. The van der Waals surface area contributed by atoms with Crippen molar-refractivity contribution in [1.29, 1.82) is 0 Å². The number of Topliss-reactive ketones (excluding diaryl/α,β-unsaturated/α-hetero) is 1. The van der Waals surface area contributed by atoms with Crippen molar-refractivity contribution in [2.75, 3.05) is 19.3 Å². The lowest BCUT2D eigenvalue weighted by Gasteiger charge is -2.21. The third-order valence-electron chi connectivity index (χ3n) is 6.59. The maximum Gasteiger partial charge on any atom is 0.208 e. The van der Waals surface area contributed by atoms with Gasteiger partial charge in [-0.2, -0.15) is 0 Å². The van der Waals surface area contributed by atoms with E-state index in [9.17, 15) is 13.2 Å². The predicted molar refractivity (Wildman–Crippen MR) is 115 cm³/mol. The number of carbonyl (C=O) groups excluding carboxylic acids is 1. The number of ketones is 1. The van der Waals surface area contributed by atoms with E-state index in [0.29, 0.717) is 16.6 Å². The maximum absolute atomic E-state index is 11.1. The summed E-state index contributed by atoms with van der Waals surface area (Å²) in [5, 5.41) is 3.36. The molecular formula is C21H44N2O3S. The van der Waals surface area contributed by atoms with Crippen molar-refractivity contribution in [3.63, 3.8) is 0 Å². The number of hydrogen-bond acceptors (Lipinski definition) is 4. The highest BCUT2D eigenvalue weighted by atomic mass is 32.2. The van der Waals surface area contributed by atoms with E-state index in [0.717, 1.165) is 45.2 Å². The van der Waals surface area contributed by atoms with E-state index in [2.05, 4.69) is 10.0 Å². The molecule has 0 bridgehead atoms. The lowest BCUT2D eigenvalue weighted by atomic mass is 9.85. The van der Waals surface area contributed by atoms with E-state index in [-0.39, 0.29) is 28.3 Å². The maximum atomic E-state index is 11.1. The van der Waals surface area contributed by atoms with Crippen molar-refractivity contribution < 1.29 is 13.2 Å². The molecule has 27 heavy (non-hydrogen) atoms. The van der Waals surface area contributed by atoms with Crippen LogP contribution in [0.3, 0.4) is 0 Å². The number of hydrogen-bond donors (Lipinski definition) is 2. The normalized spacial score (nSPS) is 31.0. The number of carbonyl (C=O) groups is 1. The Hall–Kier alpha value is -0.460. The van der Waals surface area contributed by atoms with Crippen LogP contribution in [0.1, 0.15) is 92.9 Å². The van der Waals surface area contributed by atoms with Crippen LogP contribution in [-0.4, -0.2) is 39.6 Å². The average molecular weight is 405 g/mol. The monoisotopic (exact) mass is 404 g/mol. The largest absolute Gasteiger partial charge is 0.316 e. The Labute approximate surface area is 168 Å². The summed E-state index contributed by atoms with van der Waals surface area (Å²) >= 11 is 0. The van der Waals surface area contributed by atoms with Crippen molar-refractivity contribution in [2.24, 2.45) is 10.8 Å². The molecule has 1 saturated heterocycles. The van der Waals surface area contributed by atoms with E-state index in [1.54, 1.807) is 0 Å². The van der Waals surface area contributed by atoms with E-state index in [4.69, 9.17) is 0 Å². The fourth-order valence-corrected chi connectivity index (χ4v) is 6.15. The number of nitrogens with one attached hydrogen (secondary N) is 2. The van der Waals surface area contributed by atoms with Crippen LogP contribution in [0, 0.1) is 10.8 Å². The van der Waals surface area contributed by atoms with E-state index in [1.165, 1.54) is 44.8 Å². The Morgan fingerprint density at radius 3 is 2.15 bits per heavy atom. The summed E-state index contributed by atoms with van der Waals surface area (Å²) in [7, 11) is -3.02. The summed E-state index contributed by atoms with van der Waals surface area (Å²) < 4.78 is 24.8. The van der Waals surface area contributed by atoms with Crippen LogP contribution in [0.5, 0.6) is 0 Å². The first-order chi connectivity index (χ1) is 11.3. The van der Waals surface area contributed by atoms with E-state index >= 15 is 0 Å². The molecule has 0 aromatic carbocycles. The van der Waals surface area contributed by atoms with Crippen LogP contribution in [0.2, 0.25) is 0 Å². The summed E-state index contributed by atoms with van der Waals surface area (Å²) in [5.74, 6) is 0.516. The highest BCUT2D eigenvalue weighted by Crippen LogP contribution is 2.49. The molecule has 2 unspecified atom stereocenters. The minimum absolute atomic E-state index is 0. The topological polar surface area (TPSA) is 75.3 Å². The van der Waals surface area contributed by atoms with Gasteiger partial charge in [0, 0.05) is 25.4 Å². The Bertz CT molecular complexity index is 562. The Kier molecular flexibility index (Phi) is 10.2. The van der Waals surface area contributed by atoms with Gasteiger partial charge in [-0.3, -0.25) is 4.79 Å². The molecule has 162 valence electrons. The zero-order valence-electron chi connectivity index (χ0n) is 14.9. The predicted octanol–water partition coefficient (Wildman–Crippen LogP) is 4.28. The first-order valence-corrected chi connectivity index (χ1v) is 11.4. The molecule has 0 aromatic rings. The molecule has 4 rings (SSSR count). The van der Waals surface area contributed by atoms with Crippen LogP contribution >= 0.6 is 0 Å². The zero-order chi connectivity index (χ0) is 17.3. The highest BCUT2D eigenvalue weighted by molar-refractivity contribution is 7.88. The average Bonchev–Trinajstić information content (AvgIpc) is 3.24. The van der Waals surface area contributed by atoms with Crippen LogP contribution in [0.25, 0.3) is 0 Å². The molecule has 1 heterocycles. The molecule has 0 aromatic heterocycles. The zero-order valence-corrected chi connectivity index (χ0v) is 15.7. The second-order valence-electron chi connectivity index (χ2n) is 8.68. The molecule has 2 atom stereocenters. The van der Waals surface area contributed by atoms with E-state index < -0.39 is 10.0 Å². The quantitative estimate of drug-likeness (QED) is 0.720. The molecule has 4 fully saturated rings. The Morgan fingerprint density at radius 2 is 1.67 bits per heavy atom. The van der Waals surface area contributed by atoms with Gasteiger partial charge < -0.3 is 5.32 Å². The van der Waals surface area contributed by atoms with Crippen molar-refractivity contribution in [3.05, 3.63) is 0 Å². The van der Waals surface area contributed by atoms with Crippen molar-refractivity contribution in [1.82, 2.24) is 10.0 Å². The molecule has 3 saturated carbocycles. The molecule has 3 aliphatic carbocycles. The van der Waals surface area contributed by atoms with Gasteiger partial charge in [0.25, 0.3) is 0 Å². The highest BCUT2D eigenvalue weighted by Gasteiger charge is 2.42. The molecular weight excluding hydrogens is 360 g/mol. The van der Waals surface area contributed by atoms with Gasteiger partial charge >= 0.3 is 0 Å². The first kappa shape index (κ1) is 26.5. The lowest BCUT2D eigenvalue weighted by Crippen LogP contribution is -2.33. The summed E-state index contributed by atoms with van der Waals surface area (Å²) in [6.45, 7) is 2.15. The minimum atomic E-state index is -3.02. The van der Waals surface area contributed by atoms with Crippen LogP contribution in [0.15, 0.2) is 0 Å². The summed E-state index contributed by atoms with van der Waals surface area (Å²) in [6, 6.07) is 0.171. The van der Waals surface area contributed by atoms with Crippen molar-refractivity contribution in [2.45, 2.75) is 99.0 Å². The molecule has 4 aliphatic rings. The molecule has 1 aliphatic heterocycles. The summed E-state index contributed by atoms with van der Waals surface area (Å²) in [6.07, 6.45) is 14.0. The van der Waals surface area contributed by atoms with Crippen molar-refractivity contribution >= 4 is 15.8 Å². The fraction of sp³-hybridized carbons (Fsp3) is 0.952. The fourth-order valence-electron chi connectivity index (χ4n) is 5.35. The minimum Gasteiger partial charge on any atom is -0.316 e. The molecule has 6 heteroatoms. The summed E-state index contributed by atoms with van der Waals surface area (Å²) in [4.78, 5) is 11.0. The molecule has 0 radical (unpaired) electrons.